The van der Waals surface area contributed by atoms with Crippen molar-refractivity contribution in [3.05, 3.63) is 76.9 Å². The van der Waals surface area contributed by atoms with E-state index < -0.39 is 0 Å². The summed E-state index contributed by atoms with van der Waals surface area (Å²) in [7, 11) is 0. The van der Waals surface area contributed by atoms with Crippen LogP contribution in [0.15, 0.2) is 65.5 Å². The number of rotatable bonds is 4. The van der Waals surface area contributed by atoms with Crippen molar-refractivity contribution in [1.82, 2.24) is 20.2 Å². The molecular formula is C20H14N4S2. The van der Waals surface area contributed by atoms with Crippen LogP contribution in [0.1, 0.15) is 11.4 Å². The second kappa shape index (κ2) is 6.48. The molecule has 126 valence electrons. The van der Waals surface area contributed by atoms with Crippen molar-refractivity contribution in [1.29, 1.82) is 0 Å². The molecule has 0 bridgehead atoms. The van der Waals surface area contributed by atoms with E-state index in [9.17, 15) is 0 Å². The van der Waals surface area contributed by atoms with Gasteiger partial charge in [0.25, 0.3) is 0 Å². The van der Waals surface area contributed by atoms with Crippen LogP contribution < -0.4 is 0 Å². The van der Waals surface area contributed by atoms with E-state index in [0.29, 0.717) is 6.42 Å². The van der Waals surface area contributed by atoms with Crippen LogP contribution in [0.2, 0.25) is 0 Å². The Morgan fingerprint density at radius 2 is 1.58 bits per heavy atom. The number of nitrogens with zero attached hydrogens (tertiary/aromatic N) is 3. The number of benzene rings is 1. The van der Waals surface area contributed by atoms with Crippen LogP contribution >= 0.6 is 22.7 Å². The van der Waals surface area contributed by atoms with Gasteiger partial charge in [-0.05, 0) is 34.5 Å². The SMILES string of the molecule is c1csc(-c2nnc(Cc3c[nH]c4ccccc34)nc2-c2cccs2)c1. The average molecular weight is 374 g/mol. The fraction of sp³-hybridized carbons (Fsp3) is 0.0500. The number of aromatic amines is 1. The molecule has 4 heterocycles. The summed E-state index contributed by atoms with van der Waals surface area (Å²) in [6.07, 6.45) is 2.69. The zero-order chi connectivity index (χ0) is 17.3. The summed E-state index contributed by atoms with van der Waals surface area (Å²) in [6, 6.07) is 16.5. The lowest BCUT2D eigenvalue weighted by atomic mass is 10.1. The molecule has 4 nitrogen and oxygen atoms in total. The van der Waals surface area contributed by atoms with Crippen molar-refractivity contribution < 1.29 is 0 Å². The first-order chi connectivity index (χ1) is 12.9. The van der Waals surface area contributed by atoms with Crippen LogP contribution in [0.5, 0.6) is 0 Å². The third kappa shape index (κ3) is 2.73. The lowest BCUT2D eigenvalue weighted by Crippen LogP contribution is -2.02. The van der Waals surface area contributed by atoms with Crippen LogP contribution in [-0.4, -0.2) is 20.2 Å². The second-order valence-corrected chi connectivity index (χ2v) is 7.81. The maximum absolute atomic E-state index is 4.88. The number of aromatic nitrogens is 4. The molecule has 4 aromatic heterocycles. The number of thiophene rings is 2. The van der Waals surface area contributed by atoms with Crippen molar-refractivity contribution >= 4 is 33.6 Å². The molecule has 1 N–H and O–H groups in total. The fourth-order valence-corrected chi connectivity index (χ4v) is 4.47. The Morgan fingerprint density at radius 3 is 2.35 bits per heavy atom. The quantitative estimate of drug-likeness (QED) is 0.458. The monoisotopic (exact) mass is 374 g/mol. The summed E-state index contributed by atoms with van der Waals surface area (Å²) in [5.74, 6) is 0.735. The number of hydrogen-bond acceptors (Lipinski definition) is 5. The Labute approximate surface area is 158 Å². The molecule has 0 fully saturated rings. The zero-order valence-electron chi connectivity index (χ0n) is 13.7. The van der Waals surface area contributed by atoms with Gasteiger partial charge < -0.3 is 4.98 Å². The Balaban J connectivity index is 1.59. The number of nitrogens with one attached hydrogen (secondary N) is 1. The number of para-hydroxylation sites is 1. The van der Waals surface area contributed by atoms with Crippen LogP contribution in [0.3, 0.4) is 0 Å². The Hall–Kier alpha value is -2.83. The van der Waals surface area contributed by atoms with Crippen LogP contribution in [-0.2, 0) is 6.42 Å². The zero-order valence-corrected chi connectivity index (χ0v) is 15.3. The minimum atomic E-state index is 0.653. The van der Waals surface area contributed by atoms with Crippen molar-refractivity contribution in [2.45, 2.75) is 6.42 Å². The van der Waals surface area contributed by atoms with Gasteiger partial charge >= 0.3 is 0 Å². The van der Waals surface area contributed by atoms with E-state index in [1.165, 1.54) is 10.9 Å². The number of hydrogen-bond donors (Lipinski definition) is 1. The third-order valence-electron chi connectivity index (χ3n) is 4.26. The van der Waals surface area contributed by atoms with E-state index in [2.05, 4.69) is 56.3 Å². The molecule has 0 saturated heterocycles. The summed E-state index contributed by atoms with van der Waals surface area (Å²) >= 11 is 3.33. The summed E-state index contributed by atoms with van der Waals surface area (Å²) in [5, 5.41) is 14.3. The molecule has 26 heavy (non-hydrogen) atoms. The summed E-state index contributed by atoms with van der Waals surface area (Å²) < 4.78 is 0. The maximum Gasteiger partial charge on any atom is 0.156 e. The average Bonchev–Trinajstić information content (AvgIpc) is 3.44. The van der Waals surface area contributed by atoms with Gasteiger partial charge in [0.15, 0.2) is 5.82 Å². The molecule has 0 radical (unpaired) electrons. The molecule has 0 amide bonds. The smallest absolute Gasteiger partial charge is 0.156 e. The van der Waals surface area contributed by atoms with E-state index >= 15 is 0 Å². The van der Waals surface area contributed by atoms with E-state index in [1.54, 1.807) is 22.7 Å². The van der Waals surface area contributed by atoms with Gasteiger partial charge in [0, 0.05) is 23.5 Å². The van der Waals surface area contributed by atoms with E-state index in [-0.39, 0.29) is 0 Å². The highest BCUT2D eigenvalue weighted by molar-refractivity contribution is 7.14. The highest BCUT2D eigenvalue weighted by atomic mass is 32.1. The first kappa shape index (κ1) is 15.4. The number of fused-ring (bicyclic) bond motifs is 1. The maximum atomic E-state index is 4.88. The molecular weight excluding hydrogens is 360 g/mol. The molecule has 6 heteroatoms. The fourth-order valence-electron chi connectivity index (χ4n) is 3.05. The van der Waals surface area contributed by atoms with Gasteiger partial charge in [0.05, 0.1) is 9.75 Å². The van der Waals surface area contributed by atoms with Gasteiger partial charge in [-0.3, -0.25) is 0 Å². The van der Waals surface area contributed by atoms with Gasteiger partial charge in [0.1, 0.15) is 11.4 Å². The molecule has 0 aliphatic heterocycles. The topological polar surface area (TPSA) is 54.5 Å². The summed E-state index contributed by atoms with van der Waals surface area (Å²) in [6.45, 7) is 0. The predicted octanol–water partition coefficient (Wildman–Crippen LogP) is 5.40. The molecule has 0 atom stereocenters. The van der Waals surface area contributed by atoms with E-state index in [1.807, 2.05) is 24.4 Å². The first-order valence-electron chi connectivity index (χ1n) is 8.25. The minimum Gasteiger partial charge on any atom is -0.361 e. The van der Waals surface area contributed by atoms with Gasteiger partial charge in [0.2, 0.25) is 0 Å². The molecule has 0 unspecified atom stereocenters. The summed E-state index contributed by atoms with van der Waals surface area (Å²) in [4.78, 5) is 10.4. The highest BCUT2D eigenvalue weighted by Gasteiger charge is 2.16. The lowest BCUT2D eigenvalue weighted by Gasteiger charge is -2.06. The predicted molar refractivity (Wildman–Crippen MR) is 108 cm³/mol. The Kier molecular flexibility index (Phi) is 3.84. The highest BCUT2D eigenvalue weighted by Crippen LogP contribution is 2.33. The van der Waals surface area contributed by atoms with E-state index in [4.69, 9.17) is 4.98 Å². The molecule has 0 aliphatic carbocycles. The second-order valence-electron chi connectivity index (χ2n) is 5.92. The largest absolute Gasteiger partial charge is 0.361 e. The normalized spacial score (nSPS) is 11.2. The molecule has 5 rings (SSSR count). The lowest BCUT2D eigenvalue weighted by molar-refractivity contribution is 0.878. The third-order valence-corrected chi connectivity index (χ3v) is 6.02. The first-order valence-corrected chi connectivity index (χ1v) is 10.0. The van der Waals surface area contributed by atoms with Crippen molar-refractivity contribution in [3.63, 3.8) is 0 Å². The molecule has 5 aromatic rings. The van der Waals surface area contributed by atoms with Crippen molar-refractivity contribution in [2.24, 2.45) is 0 Å². The standard InChI is InChI=1S/C20H14N4S2/c1-2-6-15-14(5-1)13(12-21-15)11-18-22-19(16-7-3-9-25-16)20(24-23-18)17-8-4-10-26-17/h1-10,12,21H,11H2. The van der Waals surface area contributed by atoms with Crippen LogP contribution in [0.25, 0.3) is 32.0 Å². The van der Waals surface area contributed by atoms with Gasteiger partial charge in [-0.2, -0.15) is 0 Å². The molecule has 0 spiro atoms. The molecule has 0 aliphatic rings. The Morgan fingerprint density at radius 1 is 0.808 bits per heavy atom. The van der Waals surface area contributed by atoms with Crippen molar-refractivity contribution in [3.8, 4) is 21.1 Å². The minimum absolute atomic E-state index is 0.653. The van der Waals surface area contributed by atoms with Crippen LogP contribution in [0.4, 0.5) is 0 Å². The molecule has 1 aromatic carbocycles. The van der Waals surface area contributed by atoms with Crippen molar-refractivity contribution in [2.75, 3.05) is 0 Å². The van der Waals surface area contributed by atoms with Gasteiger partial charge in [-0.1, -0.05) is 30.3 Å². The van der Waals surface area contributed by atoms with E-state index in [0.717, 1.165) is 32.5 Å². The van der Waals surface area contributed by atoms with Gasteiger partial charge in [-0.25, -0.2) is 4.98 Å². The summed E-state index contributed by atoms with van der Waals surface area (Å²) in [5.41, 5.74) is 4.07. The number of H-pyrrole nitrogens is 1. The Bertz CT molecular complexity index is 1160. The molecule has 0 saturated carbocycles. The van der Waals surface area contributed by atoms with Crippen LogP contribution in [0, 0.1) is 0 Å². The van der Waals surface area contributed by atoms with Gasteiger partial charge in [-0.15, -0.1) is 32.9 Å².